The van der Waals surface area contributed by atoms with Gasteiger partial charge in [0.05, 0.1) is 13.7 Å². The molecule has 0 unspecified atom stereocenters. The topological polar surface area (TPSA) is 55.8 Å². The van der Waals surface area contributed by atoms with E-state index in [0.717, 1.165) is 23.3 Å². The van der Waals surface area contributed by atoms with E-state index in [9.17, 15) is 4.79 Å². The number of methoxy groups -OCH3 is 1. The number of carbonyl (C=O) groups is 1. The molecule has 2 aromatic carbocycles. The molecule has 0 spiro atoms. The molecular formula is C17H18O4. The zero-order valence-corrected chi connectivity index (χ0v) is 12.1. The lowest BCUT2D eigenvalue weighted by Crippen LogP contribution is -2.00. The molecule has 0 saturated heterocycles. The quantitative estimate of drug-likeness (QED) is 0.876. The Kier molecular flexibility index (Phi) is 4.82. The second-order valence-electron chi connectivity index (χ2n) is 4.59. The van der Waals surface area contributed by atoms with Crippen LogP contribution in [-0.2, 0) is 0 Å². The summed E-state index contributed by atoms with van der Waals surface area (Å²) in [5.74, 6) is 0.183. The van der Waals surface area contributed by atoms with Gasteiger partial charge in [-0.1, -0.05) is 25.1 Å². The third kappa shape index (κ3) is 3.54. The van der Waals surface area contributed by atoms with Gasteiger partial charge in [0.1, 0.15) is 17.1 Å². The first-order valence-corrected chi connectivity index (χ1v) is 6.80. The van der Waals surface area contributed by atoms with Crippen molar-refractivity contribution in [3.05, 3.63) is 48.0 Å². The van der Waals surface area contributed by atoms with E-state index in [1.54, 1.807) is 18.2 Å². The zero-order valence-electron chi connectivity index (χ0n) is 12.1. The first-order valence-electron chi connectivity index (χ1n) is 6.80. The summed E-state index contributed by atoms with van der Waals surface area (Å²) in [7, 11) is 1.47. The molecule has 0 atom stereocenters. The van der Waals surface area contributed by atoms with Gasteiger partial charge in [-0.25, -0.2) is 4.79 Å². The molecule has 0 aliphatic heterocycles. The van der Waals surface area contributed by atoms with Crippen molar-refractivity contribution in [3.63, 3.8) is 0 Å². The van der Waals surface area contributed by atoms with E-state index >= 15 is 0 Å². The minimum absolute atomic E-state index is 0.157. The number of aromatic carboxylic acids is 1. The first-order chi connectivity index (χ1) is 10.2. The summed E-state index contributed by atoms with van der Waals surface area (Å²) in [5, 5.41) is 9.08. The lowest BCUT2D eigenvalue weighted by Gasteiger charge is -2.09. The molecule has 0 aliphatic carbocycles. The van der Waals surface area contributed by atoms with Gasteiger partial charge in [-0.2, -0.15) is 0 Å². The van der Waals surface area contributed by atoms with Gasteiger partial charge in [0.15, 0.2) is 0 Å². The van der Waals surface area contributed by atoms with E-state index < -0.39 is 5.97 Å². The standard InChI is InChI=1S/C17H18O4/c1-3-10-21-14-7-4-12(5-8-14)13-6-9-15(17(18)19)16(11-13)20-2/h4-9,11H,3,10H2,1-2H3,(H,18,19). The van der Waals surface area contributed by atoms with E-state index in [1.807, 2.05) is 24.3 Å². The molecule has 2 rings (SSSR count). The molecule has 4 nitrogen and oxygen atoms in total. The molecule has 0 fully saturated rings. The Balaban J connectivity index is 2.27. The summed E-state index contributed by atoms with van der Waals surface area (Å²) in [5.41, 5.74) is 2.04. The van der Waals surface area contributed by atoms with Gasteiger partial charge in [0.2, 0.25) is 0 Å². The van der Waals surface area contributed by atoms with E-state index in [0.29, 0.717) is 12.4 Å². The number of benzene rings is 2. The predicted molar refractivity (Wildman–Crippen MR) is 81.2 cm³/mol. The van der Waals surface area contributed by atoms with Crippen LogP contribution < -0.4 is 9.47 Å². The Morgan fingerprint density at radius 1 is 1.10 bits per heavy atom. The van der Waals surface area contributed by atoms with Crippen LogP contribution in [-0.4, -0.2) is 24.8 Å². The third-order valence-electron chi connectivity index (χ3n) is 3.09. The molecule has 0 bridgehead atoms. The SMILES string of the molecule is CCCOc1ccc(-c2ccc(C(=O)O)c(OC)c2)cc1. The smallest absolute Gasteiger partial charge is 0.339 e. The van der Waals surface area contributed by atoms with E-state index in [-0.39, 0.29) is 5.56 Å². The van der Waals surface area contributed by atoms with Gasteiger partial charge in [-0.05, 0) is 41.8 Å². The van der Waals surface area contributed by atoms with Crippen LogP contribution in [0.1, 0.15) is 23.7 Å². The first kappa shape index (κ1) is 14.9. The molecule has 0 saturated carbocycles. The van der Waals surface area contributed by atoms with Crippen LogP contribution in [0, 0.1) is 0 Å². The summed E-state index contributed by atoms with van der Waals surface area (Å²) >= 11 is 0. The second-order valence-corrected chi connectivity index (χ2v) is 4.59. The van der Waals surface area contributed by atoms with Crippen molar-refractivity contribution in [2.24, 2.45) is 0 Å². The fraction of sp³-hybridized carbons (Fsp3) is 0.235. The Labute approximate surface area is 123 Å². The number of hydrogen-bond acceptors (Lipinski definition) is 3. The van der Waals surface area contributed by atoms with Gasteiger partial charge in [-0.3, -0.25) is 0 Å². The maximum absolute atomic E-state index is 11.1. The fourth-order valence-corrected chi connectivity index (χ4v) is 2.01. The Morgan fingerprint density at radius 2 is 1.76 bits per heavy atom. The van der Waals surface area contributed by atoms with Gasteiger partial charge in [0, 0.05) is 0 Å². The third-order valence-corrected chi connectivity index (χ3v) is 3.09. The van der Waals surface area contributed by atoms with Crippen LogP contribution in [0.4, 0.5) is 0 Å². The molecule has 0 radical (unpaired) electrons. The number of hydrogen-bond donors (Lipinski definition) is 1. The Hall–Kier alpha value is -2.49. The van der Waals surface area contributed by atoms with Gasteiger partial charge < -0.3 is 14.6 Å². The van der Waals surface area contributed by atoms with E-state index in [4.69, 9.17) is 14.6 Å². The Morgan fingerprint density at radius 3 is 2.33 bits per heavy atom. The average Bonchev–Trinajstić information content (AvgIpc) is 2.52. The average molecular weight is 286 g/mol. The summed E-state index contributed by atoms with van der Waals surface area (Å²) in [6, 6.07) is 12.8. The highest BCUT2D eigenvalue weighted by atomic mass is 16.5. The highest BCUT2D eigenvalue weighted by Crippen LogP contribution is 2.28. The minimum atomic E-state index is -0.998. The molecule has 0 aliphatic rings. The van der Waals surface area contributed by atoms with Crippen molar-refractivity contribution in [2.75, 3.05) is 13.7 Å². The van der Waals surface area contributed by atoms with Crippen LogP contribution in [0.2, 0.25) is 0 Å². The lowest BCUT2D eigenvalue weighted by molar-refractivity contribution is 0.0693. The molecule has 110 valence electrons. The van der Waals surface area contributed by atoms with E-state index in [2.05, 4.69) is 6.92 Å². The number of rotatable bonds is 6. The summed E-state index contributed by atoms with van der Waals surface area (Å²) in [6.45, 7) is 2.76. The highest BCUT2D eigenvalue weighted by Gasteiger charge is 2.11. The fourth-order valence-electron chi connectivity index (χ4n) is 2.01. The van der Waals surface area contributed by atoms with Crippen LogP contribution in [0.25, 0.3) is 11.1 Å². The number of ether oxygens (including phenoxy) is 2. The van der Waals surface area contributed by atoms with Crippen LogP contribution in [0.3, 0.4) is 0 Å². The Bertz CT molecular complexity index is 617. The van der Waals surface area contributed by atoms with Crippen LogP contribution in [0.15, 0.2) is 42.5 Å². The second kappa shape index (κ2) is 6.79. The maximum Gasteiger partial charge on any atom is 0.339 e. The molecule has 2 aromatic rings. The summed E-state index contributed by atoms with van der Waals surface area (Å²) in [4.78, 5) is 11.1. The molecular weight excluding hydrogens is 268 g/mol. The molecule has 21 heavy (non-hydrogen) atoms. The number of carboxylic acids is 1. The van der Waals surface area contributed by atoms with Crippen molar-refractivity contribution >= 4 is 5.97 Å². The highest BCUT2D eigenvalue weighted by molar-refractivity contribution is 5.92. The monoisotopic (exact) mass is 286 g/mol. The lowest BCUT2D eigenvalue weighted by atomic mass is 10.0. The van der Waals surface area contributed by atoms with Crippen molar-refractivity contribution < 1.29 is 19.4 Å². The van der Waals surface area contributed by atoms with Crippen molar-refractivity contribution in [2.45, 2.75) is 13.3 Å². The number of carboxylic acid groups (broad SMARTS) is 1. The summed E-state index contributed by atoms with van der Waals surface area (Å²) in [6.07, 6.45) is 0.968. The maximum atomic E-state index is 11.1. The van der Waals surface area contributed by atoms with Crippen molar-refractivity contribution in [1.82, 2.24) is 0 Å². The van der Waals surface area contributed by atoms with E-state index in [1.165, 1.54) is 7.11 Å². The van der Waals surface area contributed by atoms with Crippen LogP contribution >= 0.6 is 0 Å². The molecule has 4 heteroatoms. The molecule has 0 heterocycles. The van der Waals surface area contributed by atoms with Gasteiger partial charge in [-0.15, -0.1) is 0 Å². The molecule has 0 amide bonds. The largest absolute Gasteiger partial charge is 0.496 e. The van der Waals surface area contributed by atoms with Crippen molar-refractivity contribution in [1.29, 1.82) is 0 Å². The minimum Gasteiger partial charge on any atom is -0.496 e. The molecule has 1 N–H and O–H groups in total. The van der Waals surface area contributed by atoms with Crippen molar-refractivity contribution in [3.8, 4) is 22.6 Å². The van der Waals surface area contributed by atoms with Crippen LogP contribution in [0.5, 0.6) is 11.5 Å². The molecule has 0 aromatic heterocycles. The van der Waals surface area contributed by atoms with Gasteiger partial charge >= 0.3 is 5.97 Å². The van der Waals surface area contributed by atoms with Gasteiger partial charge in [0.25, 0.3) is 0 Å². The summed E-state index contributed by atoms with van der Waals surface area (Å²) < 4.78 is 10.7. The normalized spacial score (nSPS) is 10.2. The zero-order chi connectivity index (χ0) is 15.2. The predicted octanol–water partition coefficient (Wildman–Crippen LogP) is 3.85.